The molecule has 1 fully saturated rings. The van der Waals surface area contributed by atoms with Crippen molar-refractivity contribution in [2.24, 2.45) is 5.41 Å². The van der Waals surface area contributed by atoms with Crippen LogP contribution < -0.4 is 0 Å². The van der Waals surface area contributed by atoms with E-state index < -0.39 is 17.4 Å². The molecule has 1 aromatic carbocycles. The van der Waals surface area contributed by atoms with E-state index in [2.05, 4.69) is 4.74 Å². The van der Waals surface area contributed by atoms with Gasteiger partial charge in [-0.25, -0.2) is 4.39 Å². The molecule has 1 aliphatic rings. The molecule has 0 aliphatic carbocycles. The van der Waals surface area contributed by atoms with Gasteiger partial charge in [-0.1, -0.05) is 12.1 Å². The lowest BCUT2D eigenvalue weighted by molar-refractivity contribution is -0.154. The summed E-state index contributed by atoms with van der Waals surface area (Å²) in [5.74, 6) is -1.38. The summed E-state index contributed by atoms with van der Waals surface area (Å²) in [4.78, 5) is 22.5. The van der Waals surface area contributed by atoms with Gasteiger partial charge in [0.05, 0.1) is 11.8 Å². The van der Waals surface area contributed by atoms with E-state index in [1.54, 1.807) is 19.1 Å². The normalized spacial score (nSPS) is 24.6. The topological polar surface area (TPSA) is 43.4 Å². The maximum atomic E-state index is 13.0. The van der Waals surface area contributed by atoms with Crippen LogP contribution in [0.15, 0.2) is 24.3 Å². The molecule has 1 heterocycles. The minimum absolute atomic E-state index is 0.0579. The molecule has 1 aromatic rings. The summed E-state index contributed by atoms with van der Waals surface area (Å²) >= 11 is 0. The number of hydrogen-bond acceptors (Lipinski definition) is 3. The van der Waals surface area contributed by atoms with Crippen molar-refractivity contribution in [3.63, 3.8) is 0 Å². The van der Waals surface area contributed by atoms with Gasteiger partial charge in [-0.05, 0) is 31.0 Å². The molecule has 1 unspecified atom stereocenters. The van der Waals surface area contributed by atoms with Crippen molar-refractivity contribution >= 4 is 11.9 Å². The number of esters is 2. The van der Waals surface area contributed by atoms with E-state index in [1.807, 2.05) is 0 Å². The van der Waals surface area contributed by atoms with E-state index in [-0.39, 0.29) is 12.2 Å². The maximum absolute atomic E-state index is 13.0. The summed E-state index contributed by atoms with van der Waals surface area (Å²) in [7, 11) is 0. The average molecular weight is 222 g/mol. The first kappa shape index (κ1) is 10.8. The molecule has 0 bridgehead atoms. The van der Waals surface area contributed by atoms with Crippen LogP contribution in [0.25, 0.3) is 0 Å². The predicted molar refractivity (Wildman–Crippen MR) is 53.9 cm³/mol. The first-order valence-corrected chi connectivity index (χ1v) is 4.99. The summed E-state index contributed by atoms with van der Waals surface area (Å²) in [5, 5.41) is 0. The van der Waals surface area contributed by atoms with Crippen molar-refractivity contribution in [3.8, 4) is 0 Å². The number of benzene rings is 1. The zero-order valence-electron chi connectivity index (χ0n) is 8.83. The molecule has 16 heavy (non-hydrogen) atoms. The molecule has 0 aromatic heterocycles. The van der Waals surface area contributed by atoms with Crippen molar-refractivity contribution in [1.29, 1.82) is 0 Å². The van der Waals surface area contributed by atoms with E-state index in [1.165, 1.54) is 12.1 Å². The van der Waals surface area contributed by atoms with Crippen molar-refractivity contribution < 1.29 is 18.7 Å². The van der Waals surface area contributed by atoms with Gasteiger partial charge in [0.2, 0.25) is 0 Å². The van der Waals surface area contributed by atoms with Crippen molar-refractivity contribution in [3.05, 3.63) is 35.6 Å². The largest absolute Gasteiger partial charge is 0.393 e. The Hall–Kier alpha value is -1.71. The molecule has 4 heteroatoms. The third-order valence-corrected chi connectivity index (χ3v) is 2.72. The maximum Gasteiger partial charge on any atom is 0.320 e. The molecule has 0 N–H and O–H groups in total. The number of rotatable bonds is 2. The third kappa shape index (κ3) is 1.96. The Morgan fingerprint density at radius 2 is 2.19 bits per heavy atom. The molecule has 1 saturated heterocycles. The van der Waals surface area contributed by atoms with E-state index in [0.717, 1.165) is 0 Å². The molecule has 1 atom stereocenters. The van der Waals surface area contributed by atoms with Crippen LogP contribution >= 0.6 is 0 Å². The summed E-state index contributed by atoms with van der Waals surface area (Å²) < 4.78 is 17.5. The van der Waals surface area contributed by atoms with Crippen LogP contribution in [0.3, 0.4) is 0 Å². The van der Waals surface area contributed by atoms with Crippen LogP contribution in [0.4, 0.5) is 4.39 Å². The van der Waals surface area contributed by atoms with Gasteiger partial charge in [0.1, 0.15) is 5.82 Å². The minimum Gasteiger partial charge on any atom is -0.393 e. The SMILES string of the molecule is CC1(Cc2cccc(F)c2)CC(=O)OC1=O. The van der Waals surface area contributed by atoms with E-state index in [9.17, 15) is 14.0 Å². The first-order chi connectivity index (χ1) is 7.49. The Labute approximate surface area is 92.2 Å². The number of ether oxygens (including phenoxy) is 1. The Balaban J connectivity index is 2.21. The van der Waals surface area contributed by atoms with Crippen LogP contribution in [0.1, 0.15) is 18.9 Å². The molecular formula is C12H11FO3. The second kappa shape index (κ2) is 3.70. The van der Waals surface area contributed by atoms with Crippen LogP contribution in [0.5, 0.6) is 0 Å². The highest BCUT2D eigenvalue weighted by molar-refractivity contribution is 5.97. The van der Waals surface area contributed by atoms with E-state index >= 15 is 0 Å². The lowest BCUT2D eigenvalue weighted by Crippen LogP contribution is -2.25. The number of hydrogen-bond donors (Lipinski definition) is 0. The highest BCUT2D eigenvalue weighted by Gasteiger charge is 2.45. The Bertz CT molecular complexity index is 455. The standard InChI is InChI=1S/C12H11FO3/c1-12(7-10(14)16-11(12)15)6-8-3-2-4-9(13)5-8/h2-5H,6-7H2,1H3. The quantitative estimate of drug-likeness (QED) is 0.566. The lowest BCUT2D eigenvalue weighted by atomic mass is 9.82. The van der Waals surface area contributed by atoms with Gasteiger partial charge in [-0.15, -0.1) is 0 Å². The van der Waals surface area contributed by atoms with Crippen molar-refractivity contribution in [1.82, 2.24) is 0 Å². The second-order valence-corrected chi connectivity index (χ2v) is 4.31. The molecule has 0 amide bonds. The molecule has 0 radical (unpaired) electrons. The molecule has 3 nitrogen and oxygen atoms in total. The fourth-order valence-electron chi connectivity index (χ4n) is 1.89. The van der Waals surface area contributed by atoms with Crippen LogP contribution in [0, 0.1) is 11.2 Å². The Morgan fingerprint density at radius 1 is 1.44 bits per heavy atom. The average Bonchev–Trinajstić information content (AvgIpc) is 2.39. The third-order valence-electron chi connectivity index (χ3n) is 2.72. The summed E-state index contributed by atoms with van der Waals surface area (Å²) in [6, 6.07) is 6.01. The van der Waals surface area contributed by atoms with Gasteiger partial charge in [0.15, 0.2) is 0 Å². The molecule has 1 aliphatic heterocycles. The Morgan fingerprint density at radius 3 is 2.75 bits per heavy atom. The molecule has 0 spiro atoms. The minimum atomic E-state index is -0.856. The predicted octanol–water partition coefficient (Wildman–Crippen LogP) is 1.85. The molecular weight excluding hydrogens is 211 g/mol. The second-order valence-electron chi connectivity index (χ2n) is 4.31. The van der Waals surface area contributed by atoms with Gasteiger partial charge in [0, 0.05) is 0 Å². The monoisotopic (exact) mass is 222 g/mol. The van der Waals surface area contributed by atoms with Gasteiger partial charge >= 0.3 is 11.9 Å². The number of carbonyl (C=O) groups is 2. The number of cyclic esters (lactones) is 2. The summed E-state index contributed by atoms with van der Waals surface area (Å²) in [5.41, 5.74) is -0.167. The van der Waals surface area contributed by atoms with Crippen LogP contribution in [0.2, 0.25) is 0 Å². The van der Waals surface area contributed by atoms with Crippen LogP contribution in [-0.2, 0) is 20.7 Å². The number of carbonyl (C=O) groups excluding carboxylic acids is 2. The van der Waals surface area contributed by atoms with Crippen LogP contribution in [-0.4, -0.2) is 11.9 Å². The fraction of sp³-hybridized carbons (Fsp3) is 0.333. The highest BCUT2D eigenvalue weighted by atomic mass is 19.1. The van der Waals surface area contributed by atoms with Crippen molar-refractivity contribution in [2.75, 3.05) is 0 Å². The highest BCUT2D eigenvalue weighted by Crippen LogP contribution is 2.34. The van der Waals surface area contributed by atoms with Gasteiger partial charge in [-0.3, -0.25) is 9.59 Å². The van der Waals surface area contributed by atoms with Gasteiger partial charge in [0.25, 0.3) is 0 Å². The fourth-order valence-corrected chi connectivity index (χ4v) is 1.89. The van der Waals surface area contributed by atoms with E-state index in [0.29, 0.717) is 12.0 Å². The molecule has 2 rings (SSSR count). The molecule has 0 saturated carbocycles. The number of halogens is 1. The first-order valence-electron chi connectivity index (χ1n) is 4.99. The van der Waals surface area contributed by atoms with Gasteiger partial charge < -0.3 is 4.74 Å². The Kier molecular flexibility index (Phi) is 2.50. The lowest BCUT2D eigenvalue weighted by Gasteiger charge is -2.17. The smallest absolute Gasteiger partial charge is 0.320 e. The van der Waals surface area contributed by atoms with E-state index in [4.69, 9.17) is 0 Å². The van der Waals surface area contributed by atoms with Crippen molar-refractivity contribution in [2.45, 2.75) is 19.8 Å². The zero-order valence-corrected chi connectivity index (χ0v) is 8.83. The molecule has 84 valence electrons. The van der Waals surface area contributed by atoms with Gasteiger partial charge in [-0.2, -0.15) is 0 Å². The summed E-state index contributed by atoms with van der Waals surface area (Å²) in [6.07, 6.45) is 0.373. The summed E-state index contributed by atoms with van der Waals surface area (Å²) in [6.45, 7) is 1.66. The zero-order chi connectivity index (χ0) is 11.8.